The second-order valence-corrected chi connectivity index (χ2v) is 7.01. The van der Waals surface area contributed by atoms with Crippen molar-refractivity contribution in [2.24, 2.45) is 5.92 Å². The van der Waals surface area contributed by atoms with Gasteiger partial charge in [-0.25, -0.2) is 4.79 Å². The lowest BCUT2D eigenvalue weighted by Gasteiger charge is -2.51. The molecule has 3 saturated heterocycles. The zero-order valence-corrected chi connectivity index (χ0v) is 15.1. The van der Waals surface area contributed by atoms with E-state index in [0.717, 1.165) is 12.0 Å². The fourth-order valence-corrected chi connectivity index (χ4v) is 4.39. The van der Waals surface area contributed by atoms with Crippen molar-refractivity contribution in [3.8, 4) is 0 Å². The molecule has 0 N–H and O–H groups in total. The van der Waals surface area contributed by atoms with Gasteiger partial charge in [0.25, 0.3) is 0 Å². The van der Waals surface area contributed by atoms with Crippen molar-refractivity contribution in [3.63, 3.8) is 0 Å². The van der Waals surface area contributed by atoms with Crippen LogP contribution in [-0.2, 0) is 28.5 Å². The van der Waals surface area contributed by atoms with Crippen molar-refractivity contribution in [2.45, 2.75) is 50.2 Å². The molecule has 0 aliphatic carbocycles. The third-order valence-electron chi connectivity index (χ3n) is 5.61. The number of carbonyl (C=O) groups is 1. The number of ether oxygens (including phenoxy) is 5. The molecule has 1 spiro atoms. The topological polar surface area (TPSA) is 63.2 Å². The highest BCUT2D eigenvalue weighted by molar-refractivity contribution is 5.91. The van der Waals surface area contributed by atoms with Crippen LogP contribution >= 0.6 is 0 Å². The van der Waals surface area contributed by atoms with Gasteiger partial charge in [0.15, 0.2) is 18.2 Å². The van der Waals surface area contributed by atoms with Crippen molar-refractivity contribution in [1.82, 2.24) is 0 Å². The van der Waals surface area contributed by atoms with Gasteiger partial charge in [0, 0.05) is 30.6 Å². The average Bonchev–Trinajstić information content (AvgIpc) is 2.92. The van der Waals surface area contributed by atoms with Crippen LogP contribution in [0.2, 0.25) is 0 Å². The maximum absolute atomic E-state index is 12.3. The first kappa shape index (κ1) is 17.7. The van der Waals surface area contributed by atoms with E-state index < -0.39 is 24.3 Å². The highest BCUT2D eigenvalue weighted by atomic mass is 16.8. The fourth-order valence-electron chi connectivity index (χ4n) is 4.39. The summed E-state index contributed by atoms with van der Waals surface area (Å²) in [6.07, 6.45) is -0.686. The quantitative estimate of drug-likeness (QED) is 0.610. The van der Waals surface area contributed by atoms with E-state index in [-0.39, 0.29) is 18.0 Å². The van der Waals surface area contributed by atoms with Gasteiger partial charge in [0.2, 0.25) is 0 Å². The summed E-state index contributed by atoms with van der Waals surface area (Å²) in [4.78, 5) is 12.3. The number of benzene rings is 1. The third-order valence-corrected chi connectivity index (χ3v) is 5.61. The molecule has 6 atom stereocenters. The Kier molecular flexibility index (Phi) is 4.61. The molecule has 3 heterocycles. The largest absolute Gasteiger partial charge is 0.452 e. The molecule has 0 unspecified atom stereocenters. The fraction of sp³-hybridized carbons (Fsp3) is 0.550. The molecule has 3 aliphatic heterocycles. The van der Waals surface area contributed by atoms with Crippen LogP contribution in [0.25, 0.3) is 0 Å². The summed E-state index contributed by atoms with van der Waals surface area (Å²) >= 11 is 0. The first-order valence-corrected chi connectivity index (χ1v) is 9.01. The van der Waals surface area contributed by atoms with Crippen LogP contribution in [0.3, 0.4) is 0 Å². The van der Waals surface area contributed by atoms with Gasteiger partial charge in [-0.15, -0.1) is 0 Å². The van der Waals surface area contributed by atoms with Gasteiger partial charge in [0.05, 0.1) is 6.61 Å². The van der Waals surface area contributed by atoms with Gasteiger partial charge in [-0.05, 0) is 6.42 Å². The molecule has 3 fully saturated rings. The number of hydrogen-bond donors (Lipinski definition) is 0. The highest BCUT2D eigenvalue weighted by Gasteiger charge is 2.63. The van der Waals surface area contributed by atoms with Crippen LogP contribution in [-0.4, -0.2) is 43.8 Å². The van der Waals surface area contributed by atoms with Gasteiger partial charge in [-0.3, -0.25) is 0 Å². The summed E-state index contributed by atoms with van der Waals surface area (Å²) < 4.78 is 29.5. The summed E-state index contributed by atoms with van der Waals surface area (Å²) in [5, 5.41) is 0. The Morgan fingerprint density at radius 2 is 2.04 bits per heavy atom. The van der Waals surface area contributed by atoms with Crippen molar-refractivity contribution in [1.29, 1.82) is 0 Å². The van der Waals surface area contributed by atoms with Crippen LogP contribution < -0.4 is 0 Å². The zero-order chi connectivity index (χ0) is 18.3. The lowest BCUT2D eigenvalue weighted by molar-refractivity contribution is -0.359. The first-order chi connectivity index (χ1) is 12.6. The van der Waals surface area contributed by atoms with Crippen LogP contribution in [0, 0.1) is 5.92 Å². The number of esters is 1. The van der Waals surface area contributed by atoms with Gasteiger partial charge in [0.1, 0.15) is 12.2 Å². The maximum Gasteiger partial charge on any atom is 0.334 e. The number of methoxy groups -OCH3 is 1. The molecule has 6 nitrogen and oxygen atoms in total. The number of hydrogen-bond acceptors (Lipinski definition) is 6. The lowest BCUT2D eigenvalue weighted by Crippen LogP contribution is -2.64. The van der Waals surface area contributed by atoms with E-state index in [1.54, 1.807) is 7.11 Å². The Morgan fingerprint density at radius 3 is 2.73 bits per heavy atom. The first-order valence-electron chi connectivity index (χ1n) is 9.01. The molecule has 0 radical (unpaired) electrons. The molecule has 1 aromatic carbocycles. The van der Waals surface area contributed by atoms with Crippen LogP contribution in [0.5, 0.6) is 0 Å². The van der Waals surface area contributed by atoms with E-state index in [4.69, 9.17) is 23.7 Å². The van der Waals surface area contributed by atoms with E-state index in [1.807, 2.05) is 37.3 Å². The van der Waals surface area contributed by atoms with E-state index in [9.17, 15) is 4.79 Å². The standard InChI is InChI=1S/C20H24O6/c1-4-14-12(2)18(21)26-20(14)10-16(22-3)24-15-11-23-19(25-17(15)20)13-8-6-5-7-9-13/h5-9,14-17,19H,2,4,10-11H2,1,3H3/t14-,15+,16-,17+,19+,20+/m0/s1. The summed E-state index contributed by atoms with van der Waals surface area (Å²) in [6.45, 7) is 6.33. The van der Waals surface area contributed by atoms with Crippen molar-refractivity contribution < 1.29 is 28.5 Å². The Morgan fingerprint density at radius 1 is 1.27 bits per heavy atom. The summed E-state index contributed by atoms with van der Waals surface area (Å²) in [5.74, 6) is -0.503. The Balaban J connectivity index is 1.69. The summed E-state index contributed by atoms with van der Waals surface area (Å²) in [6, 6.07) is 9.73. The molecule has 3 aliphatic rings. The van der Waals surface area contributed by atoms with Crippen LogP contribution in [0.15, 0.2) is 42.5 Å². The predicted octanol–water partition coefficient (Wildman–Crippen LogP) is 2.74. The number of fused-ring (bicyclic) bond motifs is 2. The average molecular weight is 360 g/mol. The minimum atomic E-state index is -0.844. The summed E-state index contributed by atoms with van der Waals surface area (Å²) in [7, 11) is 1.59. The van der Waals surface area contributed by atoms with Crippen molar-refractivity contribution in [2.75, 3.05) is 13.7 Å². The third kappa shape index (κ3) is 2.68. The second-order valence-electron chi connectivity index (χ2n) is 7.01. The molecule has 1 aromatic rings. The minimum absolute atomic E-state index is 0.140. The molecule has 140 valence electrons. The molecule has 0 aromatic heterocycles. The Labute approximate surface area is 153 Å². The molecular formula is C20H24O6. The van der Waals surface area contributed by atoms with E-state index in [2.05, 4.69) is 6.58 Å². The Bertz CT molecular complexity index is 689. The van der Waals surface area contributed by atoms with E-state index in [1.165, 1.54) is 0 Å². The highest BCUT2D eigenvalue weighted by Crippen LogP contribution is 2.51. The summed E-state index contributed by atoms with van der Waals surface area (Å²) in [5.41, 5.74) is 0.573. The smallest absolute Gasteiger partial charge is 0.334 e. The minimum Gasteiger partial charge on any atom is -0.452 e. The normalized spacial score (nSPS) is 39.7. The maximum atomic E-state index is 12.3. The van der Waals surface area contributed by atoms with Gasteiger partial charge < -0.3 is 23.7 Å². The molecule has 4 rings (SSSR count). The zero-order valence-electron chi connectivity index (χ0n) is 15.1. The molecular weight excluding hydrogens is 336 g/mol. The SMILES string of the molecule is C=C1C(=O)O[C@]2(C[C@@H](OC)O[C@@H]3CO[C@@H](c4ccccc4)O[C@H]32)[C@H]1CC. The molecule has 0 saturated carbocycles. The molecule has 6 heteroatoms. The van der Waals surface area contributed by atoms with Gasteiger partial charge in [-0.2, -0.15) is 0 Å². The lowest BCUT2D eigenvalue weighted by atomic mass is 9.73. The Hall–Kier alpha value is -1.73. The molecule has 26 heavy (non-hydrogen) atoms. The number of carbonyl (C=O) groups excluding carboxylic acids is 1. The molecule has 0 bridgehead atoms. The number of rotatable bonds is 3. The monoisotopic (exact) mass is 360 g/mol. The van der Waals surface area contributed by atoms with E-state index >= 15 is 0 Å². The van der Waals surface area contributed by atoms with Crippen LogP contribution in [0.1, 0.15) is 31.6 Å². The van der Waals surface area contributed by atoms with Gasteiger partial charge in [-0.1, -0.05) is 43.8 Å². The molecule has 0 amide bonds. The van der Waals surface area contributed by atoms with Crippen molar-refractivity contribution >= 4 is 5.97 Å². The van der Waals surface area contributed by atoms with Crippen LogP contribution in [0.4, 0.5) is 0 Å². The second kappa shape index (κ2) is 6.78. The van der Waals surface area contributed by atoms with Gasteiger partial charge >= 0.3 is 5.97 Å². The van der Waals surface area contributed by atoms with Crippen molar-refractivity contribution in [3.05, 3.63) is 48.0 Å². The predicted molar refractivity (Wildman–Crippen MR) is 92.0 cm³/mol. The van der Waals surface area contributed by atoms with E-state index in [0.29, 0.717) is 18.6 Å².